The number of nitrogens with zero attached hydrogens (tertiary/aromatic N) is 4. The van der Waals surface area contributed by atoms with Crippen molar-refractivity contribution in [1.82, 2.24) is 19.9 Å². The SMILES string of the molecule is CCCCCCCCC1(CCCCCCCC)C2=C(CCC=C2)c2ccc(-c3ccc(-c4nc(C(C)(C)C)nc(C(C)(C)C)n4)cn3)cc21. The summed E-state index contributed by atoms with van der Waals surface area (Å²) in [6.07, 6.45) is 27.9. The number of pyridine rings is 1. The lowest BCUT2D eigenvalue weighted by molar-refractivity contribution is 0.394. The molecule has 0 saturated carbocycles. The highest BCUT2D eigenvalue weighted by Crippen LogP contribution is 2.55. The predicted molar refractivity (Wildman–Crippen MR) is 209 cm³/mol. The minimum atomic E-state index is -0.171. The quantitative estimate of drug-likeness (QED) is 0.143. The second-order valence-corrected chi connectivity index (χ2v) is 16.9. The van der Waals surface area contributed by atoms with Gasteiger partial charge in [-0.3, -0.25) is 4.98 Å². The zero-order valence-corrected chi connectivity index (χ0v) is 32.2. The Kier molecular flexibility index (Phi) is 12.3. The Balaban J connectivity index is 1.47. The molecule has 4 heteroatoms. The van der Waals surface area contributed by atoms with Crippen molar-refractivity contribution < 1.29 is 0 Å². The lowest BCUT2D eigenvalue weighted by atomic mass is 9.69. The van der Waals surface area contributed by atoms with Crippen LogP contribution in [0.25, 0.3) is 28.2 Å². The van der Waals surface area contributed by atoms with E-state index >= 15 is 0 Å². The van der Waals surface area contributed by atoms with Gasteiger partial charge in [-0.25, -0.2) is 15.0 Å². The highest BCUT2D eigenvalue weighted by molar-refractivity contribution is 5.85. The summed E-state index contributed by atoms with van der Waals surface area (Å²) in [5.74, 6) is 2.35. The number of fused-ring (bicyclic) bond motifs is 2. The van der Waals surface area contributed by atoms with Gasteiger partial charge < -0.3 is 0 Å². The first-order chi connectivity index (χ1) is 23.5. The molecule has 2 aliphatic rings. The molecule has 0 atom stereocenters. The first kappa shape index (κ1) is 37.1. The molecule has 2 aliphatic carbocycles. The van der Waals surface area contributed by atoms with E-state index in [0.29, 0.717) is 5.82 Å². The normalized spacial score (nSPS) is 15.5. The molecular weight excluding hydrogens is 597 g/mol. The number of hydrogen-bond acceptors (Lipinski definition) is 4. The van der Waals surface area contributed by atoms with E-state index in [4.69, 9.17) is 19.9 Å². The molecule has 0 amide bonds. The van der Waals surface area contributed by atoms with Gasteiger partial charge in [-0.1, -0.05) is 157 Å². The van der Waals surface area contributed by atoms with Crippen molar-refractivity contribution in [2.24, 2.45) is 0 Å². The molecule has 2 aromatic heterocycles. The largest absolute Gasteiger partial charge is 0.255 e. The summed E-state index contributed by atoms with van der Waals surface area (Å²) >= 11 is 0. The van der Waals surface area contributed by atoms with E-state index in [9.17, 15) is 0 Å². The van der Waals surface area contributed by atoms with Crippen molar-refractivity contribution in [3.63, 3.8) is 0 Å². The molecule has 1 aromatic carbocycles. The molecule has 5 rings (SSSR count). The third-order valence-corrected chi connectivity index (χ3v) is 10.8. The van der Waals surface area contributed by atoms with Crippen LogP contribution in [0.15, 0.2) is 54.3 Å². The summed E-state index contributed by atoms with van der Waals surface area (Å²) in [5, 5.41) is 0. The maximum Gasteiger partial charge on any atom is 0.164 e. The van der Waals surface area contributed by atoms with Crippen LogP contribution in [0.4, 0.5) is 0 Å². The lowest BCUT2D eigenvalue weighted by Crippen LogP contribution is -2.27. The molecule has 2 heterocycles. The van der Waals surface area contributed by atoms with Crippen LogP contribution in [0.1, 0.15) is 181 Å². The third-order valence-electron chi connectivity index (χ3n) is 10.8. The highest BCUT2D eigenvalue weighted by atomic mass is 15.1. The number of hydrogen-bond donors (Lipinski definition) is 0. The van der Waals surface area contributed by atoms with Gasteiger partial charge in [0.05, 0.1) is 5.69 Å². The average molecular weight is 661 g/mol. The van der Waals surface area contributed by atoms with Gasteiger partial charge >= 0.3 is 0 Å². The van der Waals surface area contributed by atoms with E-state index in [1.54, 1.807) is 16.7 Å². The Morgan fingerprint density at radius 3 is 1.78 bits per heavy atom. The molecule has 0 radical (unpaired) electrons. The average Bonchev–Trinajstić information content (AvgIpc) is 3.36. The minimum Gasteiger partial charge on any atom is -0.255 e. The summed E-state index contributed by atoms with van der Waals surface area (Å²) in [6.45, 7) is 17.6. The van der Waals surface area contributed by atoms with E-state index in [1.807, 2.05) is 6.20 Å². The summed E-state index contributed by atoms with van der Waals surface area (Å²) in [6, 6.07) is 11.6. The standard InChI is InChI=1S/C45H64N4/c1-9-11-13-15-17-21-29-45(30-22-18-16-14-12-10-2)37-24-20-19-23-35(37)36-27-25-33(31-38(36)45)39-28-26-34(32-46-39)40-47-41(43(3,4)5)49-42(48-40)44(6,7)8/h20,24-28,31-32H,9-19,21-23,29-30H2,1-8H3. The molecule has 3 aromatic rings. The van der Waals surface area contributed by atoms with Crippen molar-refractivity contribution >= 4 is 5.57 Å². The van der Waals surface area contributed by atoms with Crippen LogP contribution < -0.4 is 0 Å². The molecule has 49 heavy (non-hydrogen) atoms. The number of aromatic nitrogens is 4. The molecule has 0 unspecified atom stereocenters. The van der Waals surface area contributed by atoms with Crippen LogP contribution in [-0.4, -0.2) is 19.9 Å². The third kappa shape index (κ3) is 8.78. The van der Waals surface area contributed by atoms with Crippen molar-refractivity contribution in [2.75, 3.05) is 0 Å². The Morgan fingerprint density at radius 1 is 0.653 bits per heavy atom. The van der Waals surface area contributed by atoms with Gasteiger partial charge in [0.15, 0.2) is 5.82 Å². The number of rotatable bonds is 16. The van der Waals surface area contributed by atoms with Crippen molar-refractivity contribution in [3.8, 4) is 22.6 Å². The number of allylic oxidation sites excluding steroid dienone is 4. The first-order valence-electron chi connectivity index (χ1n) is 19.8. The minimum absolute atomic E-state index is 0.116. The summed E-state index contributed by atoms with van der Waals surface area (Å²) in [7, 11) is 0. The summed E-state index contributed by atoms with van der Waals surface area (Å²) < 4.78 is 0. The van der Waals surface area contributed by atoms with Gasteiger partial charge in [-0.05, 0) is 66.2 Å². The summed E-state index contributed by atoms with van der Waals surface area (Å²) in [5.41, 5.74) is 9.26. The van der Waals surface area contributed by atoms with E-state index in [2.05, 4.69) is 97.9 Å². The van der Waals surface area contributed by atoms with E-state index in [-0.39, 0.29) is 16.2 Å². The van der Waals surface area contributed by atoms with E-state index in [0.717, 1.165) is 29.3 Å². The Bertz CT molecular complexity index is 1550. The van der Waals surface area contributed by atoms with Gasteiger partial charge in [0, 0.05) is 33.6 Å². The van der Waals surface area contributed by atoms with Gasteiger partial charge in [-0.15, -0.1) is 0 Å². The molecule has 264 valence electrons. The fourth-order valence-corrected chi connectivity index (χ4v) is 7.85. The highest BCUT2D eigenvalue weighted by Gasteiger charge is 2.43. The Hall–Kier alpha value is -3.14. The van der Waals surface area contributed by atoms with Crippen LogP contribution in [0.3, 0.4) is 0 Å². The fourth-order valence-electron chi connectivity index (χ4n) is 7.85. The van der Waals surface area contributed by atoms with Crippen LogP contribution in [0.5, 0.6) is 0 Å². The molecule has 0 saturated heterocycles. The van der Waals surface area contributed by atoms with E-state index in [1.165, 1.54) is 107 Å². The first-order valence-corrected chi connectivity index (χ1v) is 19.8. The van der Waals surface area contributed by atoms with Crippen LogP contribution >= 0.6 is 0 Å². The summed E-state index contributed by atoms with van der Waals surface area (Å²) in [4.78, 5) is 19.8. The van der Waals surface area contributed by atoms with Crippen molar-refractivity contribution in [1.29, 1.82) is 0 Å². The van der Waals surface area contributed by atoms with Crippen molar-refractivity contribution in [2.45, 2.75) is 174 Å². The molecule has 0 bridgehead atoms. The van der Waals surface area contributed by atoms with E-state index < -0.39 is 0 Å². The van der Waals surface area contributed by atoms with Crippen LogP contribution in [-0.2, 0) is 16.2 Å². The van der Waals surface area contributed by atoms with Crippen LogP contribution in [0, 0.1) is 0 Å². The lowest BCUT2D eigenvalue weighted by Gasteiger charge is -2.35. The molecule has 0 spiro atoms. The fraction of sp³-hybridized carbons (Fsp3) is 0.600. The number of benzene rings is 1. The Labute approximate surface area is 298 Å². The molecule has 4 nitrogen and oxygen atoms in total. The van der Waals surface area contributed by atoms with Crippen LogP contribution in [0.2, 0.25) is 0 Å². The molecule has 0 aliphatic heterocycles. The second kappa shape index (κ2) is 16.3. The topological polar surface area (TPSA) is 51.6 Å². The predicted octanol–water partition coefficient (Wildman–Crippen LogP) is 13.1. The molecular formula is C45H64N4. The smallest absolute Gasteiger partial charge is 0.164 e. The molecule has 0 fully saturated rings. The van der Waals surface area contributed by atoms with Gasteiger partial charge in [0.25, 0.3) is 0 Å². The maximum absolute atomic E-state index is 5.05. The van der Waals surface area contributed by atoms with Crippen molar-refractivity contribution in [3.05, 3.63) is 77.0 Å². The number of unbranched alkanes of at least 4 members (excludes halogenated alkanes) is 10. The zero-order valence-electron chi connectivity index (χ0n) is 32.2. The zero-order chi connectivity index (χ0) is 35.1. The maximum atomic E-state index is 5.05. The van der Waals surface area contributed by atoms with Gasteiger partial charge in [0.1, 0.15) is 11.6 Å². The van der Waals surface area contributed by atoms with Gasteiger partial charge in [-0.2, -0.15) is 0 Å². The van der Waals surface area contributed by atoms with Gasteiger partial charge in [0.2, 0.25) is 0 Å². The monoisotopic (exact) mass is 661 g/mol. The molecule has 0 N–H and O–H groups in total. The second-order valence-electron chi connectivity index (χ2n) is 16.9. The Morgan fingerprint density at radius 2 is 1.22 bits per heavy atom.